The van der Waals surface area contributed by atoms with Crippen molar-refractivity contribution in [2.45, 2.75) is 6.92 Å². The summed E-state index contributed by atoms with van der Waals surface area (Å²) in [6.45, 7) is 6.18. The molecule has 1 saturated heterocycles. The quantitative estimate of drug-likeness (QED) is 0.695. The first-order chi connectivity index (χ1) is 7.75. The summed E-state index contributed by atoms with van der Waals surface area (Å²) in [7, 11) is 2.15. The molecule has 4 nitrogen and oxygen atoms in total. The van der Waals surface area contributed by atoms with Crippen LogP contribution in [0.15, 0.2) is 29.5 Å². The lowest BCUT2D eigenvalue weighted by Gasteiger charge is -2.30. The Balaban J connectivity index is 2.02. The molecule has 0 aromatic carbocycles. The second-order valence-electron chi connectivity index (χ2n) is 4.16. The van der Waals surface area contributed by atoms with Crippen LogP contribution in [-0.4, -0.2) is 53.8 Å². The Morgan fingerprint density at radius 2 is 2.00 bits per heavy atom. The van der Waals surface area contributed by atoms with E-state index in [1.165, 1.54) is 0 Å². The SMILES string of the molecule is C/C(=N/N1CCN(C)CC1)c1ccccn1. The van der Waals surface area contributed by atoms with Gasteiger partial charge in [0.2, 0.25) is 0 Å². The van der Waals surface area contributed by atoms with Gasteiger partial charge in [-0.05, 0) is 26.1 Å². The Hall–Kier alpha value is -1.42. The highest BCUT2D eigenvalue weighted by Crippen LogP contribution is 2.03. The number of nitrogens with zero attached hydrogens (tertiary/aromatic N) is 4. The number of hydrogen-bond acceptors (Lipinski definition) is 4. The third-order valence-electron chi connectivity index (χ3n) is 2.81. The van der Waals surface area contributed by atoms with Crippen LogP contribution in [0.5, 0.6) is 0 Å². The number of likely N-dealkylation sites (N-methyl/N-ethyl adjacent to an activating group) is 1. The van der Waals surface area contributed by atoms with E-state index in [4.69, 9.17) is 0 Å². The minimum absolute atomic E-state index is 0.960. The van der Waals surface area contributed by atoms with Crippen LogP contribution in [0.3, 0.4) is 0 Å². The van der Waals surface area contributed by atoms with Crippen LogP contribution in [0.1, 0.15) is 12.6 Å². The van der Waals surface area contributed by atoms with Gasteiger partial charge in [0, 0.05) is 32.4 Å². The molecule has 86 valence electrons. The molecule has 0 radical (unpaired) electrons. The maximum atomic E-state index is 4.60. The van der Waals surface area contributed by atoms with Crippen molar-refractivity contribution in [3.8, 4) is 0 Å². The number of pyridine rings is 1. The highest BCUT2D eigenvalue weighted by atomic mass is 15.5. The lowest BCUT2D eigenvalue weighted by atomic mass is 10.2. The number of hydrogen-bond donors (Lipinski definition) is 0. The van der Waals surface area contributed by atoms with Crippen LogP contribution in [0, 0.1) is 0 Å². The lowest BCUT2D eigenvalue weighted by Crippen LogP contribution is -2.42. The largest absolute Gasteiger partial charge is 0.303 e. The van der Waals surface area contributed by atoms with Gasteiger partial charge in [0.1, 0.15) is 0 Å². The van der Waals surface area contributed by atoms with Gasteiger partial charge in [-0.25, -0.2) is 0 Å². The summed E-state index contributed by atoms with van der Waals surface area (Å²) in [5.41, 5.74) is 1.95. The first-order valence-electron chi connectivity index (χ1n) is 5.66. The third-order valence-corrected chi connectivity index (χ3v) is 2.81. The molecule has 16 heavy (non-hydrogen) atoms. The summed E-state index contributed by atoms with van der Waals surface area (Å²) in [4.78, 5) is 6.61. The van der Waals surface area contributed by atoms with Crippen LogP contribution in [0.2, 0.25) is 0 Å². The molecular formula is C12H18N4. The van der Waals surface area contributed by atoms with Crippen LogP contribution in [0.25, 0.3) is 0 Å². The van der Waals surface area contributed by atoms with Crippen LogP contribution in [-0.2, 0) is 0 Å². The van der Waals surface area contributed by atoms with Gasteiger partial charge >= 0.3 is 0 Å². The van der Waals surface area contributed by atoms with Gasteiger partial charge in [-0.2, -0.15) is 5.10 Å². The molecule has 0 aliphatic carbocycles. The van der Waals surface area contributed by atoms with Crippen molar-refractivity contribution >= 4 is 5.71 Å². The first-order valence-corrected chi connectivity index (χ1v) is 5.66. The summed E-state index contributed by atoms with van der Waals surface area (Å²) in [5.74, 6) is 0. The van der Waals surface area contributed by atoms with Crippen molar-refractivity contribution in [2.75, 3.05) is 33.2 Å². The average molecular weight is 218 g/mol. The predicted molar refractivity (Wildman–Crippen MR) is 65.5 cm³/mol. The summed E-state index contributed by atoms with van der Waals surface area (Å²) in [5, 5.41) is 6.73. The number of hydrazone groups is 1. The van der Waals surface area contributed by atoms with Gasteiger partial charge < -0.3 is 4.90 Å². The van der Waals surface area contributed by atoms with E-state index in [0.717, 1.165) is 37.6 Å². The van der Waals surface area contributed by atoms with Gasteiger partial charge in [0.25, 0.3) is 0 Å². The fourth-order valence-corrected chi connectivity index (χ4v) is 1.74. The molecule has 2 rings (SSSR count). The van der Waals surface area contributed by atoms with Crippen LogP contribution in [0.4, 0.5) is 0 Å². The molecular weight excluding hydrogens is 200 g/mol. The summed E-state index contributed by atoms with van der Waals surface area (Å²) in [6, 6.07) is 5.91. The van der Waals surface area contributed by atoms with Crippen LogP contribution < -0.4 is 0 Å². The normalized spacial score (nSPS) is 18.9. The van der Waals surface area contributed by atoms with Crippen molar-refractivity contribution in [3.63, 3.8) is 0 Å². The highest BCUT2D eigenvalue weighted by molar-refractivity contribution is 5.96. The zero-order valence-corrected chi connectivity index (χ0v) is 9.93. The smallest absolute Gasteiger partial charge is 0.0859 e. The Labute approximate surface area is 96.6 Å². The maximum absolute atomic E-state index is 4.60. The zero-order valence-electron chi connectivity index (χ0n) is 9.93. The van der Waals surface area contributed by atoms with E-state index in [0.29, 0.717) is 0 Å². The Kier molecular flexibility index (Phi) is 3.51. The predicted octanol–water partition coefficient (Wildman–Crippen LogP) is 1.05. The number of rotatable bonds is 2. The molecule has 0 N–H and O–H groups in total. The van der Waals surface area contributed by atoms with E-state index >= 15 is 0 Å². The molecule has 1 aromatic heterocycles. The second-order valence-corrected chi connectivity index (χ2v) is 4.16. The van der Waals surface area contributed by atoms with Crippen molar-refractivity contribution in [3.05, 3.63) is 30.1 Å². The van der Waals surface area contributed by atoms with Crippen molar-refractivity contribution in [2.24, 2.45) is 5.10 Å². The van der Waals surface area contributed by atoms with Gasteiger partial charge in [-0.1, -0.05) is 6.07 Å². The topological polar surface area (TPSA) is 31.7 Å². The number of aromatic nitrogens is 1. The van der Waals surface area contributed by atoms with E-state index in [2.05, 4.69) is 27.0 Å². The molecule has 0 spiro atoms. The number of piperazine rings is 1. The maximum Gasteiger partial charge on any atom is 0.0859 e. The van der Waals surface area contributed by atoms with E-state index in [-0.39, 0.29) is 0 Å². The molecule has 1 aliphatic heterocycles. The highest BCUT2D eigenvalue weighted by Gasteiger charge is 2.12. The van der Waals surface area contributed by atoms with Gasteiger partial charge in [0.15, 0.2) is 0 Å². The zero-order chi connectivity index (χ0) is 11.4. The van der Waals surface area contributed by atoms with Crippen molar-refractivity contribution in [1.29, 1.82) is 0 Å². The Bertz CT molecular complexity index is 353. The average Bonchev–Trinajstić information content (AvgIpc) is 2.33. The van der Waals surface area contributed by atoms with E-state index in [9.17, 15) is 0 Å². The Morgan fingerprint density at radius 3 is 2.62 bits per heavy atom. The summed E-state index contributed by atoms with van der Waals surface area (Å²) < 4.78 is 0. The van der Waals surface area contributed by atoms with Gasteiger partial charge in [-0.15, -0.1) is 0 Å². The lowest BCUT2D eigenvalue weighted by molar-refractivity contribution is 0.159. The molecule has 4 heteroatoms. The first kappa shape index (κ1) is 11.1. The molecule has 1 aliphatic rings. The monoisotopic (exact) mass is 218 g/mol. The van der Waals surface area contributed by atoms with E-state index in [1.54, 1.807) is 6.20 Å². The van der Waals surface area contributed by atoms with Crippen molar-refractivity contribution < 1.29 is 0 Å². The molecule has 0 bridgehead atoms. The molecule has 0 saturated carbocycles. The van der Waals surface area contributed by atoms with E-state index < -0.39 is 0 Å². The fourth-order valence-electron chi connectivity index (χ4n) is 1.74. The van der Waals surface area contributed by atoms with Gasteiger partial charge in [0.05, 0.1) is 11.4 Å². The molecule has 0 amide bonds. The molecule has 0 atom stereocenters. The molecule has 2 heterocycles. The molecule has 1 fully saturated rings. The summed E-state index contributed by atoms with van der Waals surface area (Å²) >= 11 is 0. The Morgan fingerprint density at radius 1 is 1.25 bits per heavy atom. The molecule has 1 aromatic rings. The van der Waals surface area contributed by atoms with Gasteiger partial charge in [-0.3, -0.25) is 9.99 Å². The fraction of sp³-hybridized carbons (Fsp3) is 0.500. The van der Waals surface area contributed by atoms with E-state index in [1.807, 2.05) is 25.1 Å². The molecule has 0 unspecified atom stereocenters. The minimum Gasteiger partial charge on any atom is -0.303 e. The van der Waals surface area contributed by atoms with Crippen molar-refractivity contribution in [1.82, 2.24) is 14.9 Å². The second kappa shape index (κ2) is 5.07. The minimum atomic E-state index is 0.960. The standard InChI is InChI=1S/C12H18N4/c1-11(12-5-3-4-6-13-12)14-16-9-7-15(2)8-10-16/h3-6H,7-10H2,1-2H3/b14-11-. The third kappa shape index (κ3) is 2.79. The van der Waals surface area contributed by atoms with Crippen LogP contribution >= 0.6 is 0 Å². The summed E-state index contributed by atoms with van der Waals surface area (Å²) in [6.07, 6.45) is 1.80.